The van der Waals surface area contributed by atoms with E-state index >= 15 is 0 Å². The topological polar surface area (TPSA) is 73.0 Å². The lowest BCUT2D eigenvalue weighted by Crippen LogP contribution is -2.24. The Morgan fingerprint density at radius 3 is 2.82 bits per heavy atom. The molecule has 2 aromatic heterocycles. The molecule has 0 aliphatic heterocycles. The largest absolute Gasteiger partial charge is 0.447 e. The minimum atomic E-state index is -0.381. The third-order valence-electron chi connectivity index (χ3n) is 4.97. The molecule has 0 radical (unpaired) electrons. The van der Waals surface area contributed by atoms with Crippen molar-refractivity contribution < 1.29 is 4.42 Å². The number of hydrogen-bond donors (Lipinski definition) is 1. The number of rotatable bonds is 5. The first-order chi connectivity index (χ1) is 13.7. The molecule has 0 saturated heterocycles. The number of halogens is 1. The number of aromatic nitrogens is 3. The van der Waals surface area contributed by atoms with Gasteiger partial charge in [-0.3, -0.25) is 4.57 Å². The van der Waals surface area contributed by atoms with Crippen molar-refractivity contribution >= 4 is 28.3 Å². The van der Waals surface area contributed by atoms with E-state index in [0.717, 1.165) is 10.9 Å². The first-order valence-corrected chi connectivity index (χ1v) is 9.51. The van der Waals surface area contributed by atoms with E-state index in [0.29, 0.717) is 34.8 Å². The van der Waals surface area contributed by atoms with Crippen LogP contribution in [0.4, 0.5) is 5.82 Å². The van der Waals surface area contributed by atoms with Crippen LogP contribution in [-0.2, 0) is 6.54 Å². The number of oxazole rings is 1. The van der Waals surface area contributed by atoms with Gasteiger partial charge < -0.3 is 9.73 Å². The minimum absolute atomic E-state index is 0.381. The van der Waals surface area contributed by atoms with Crippen LogP contribution in [0.15, 0.2) is 64.3 Å². The second kappa shape index (κ2) is 6.80. The predicted octanol–water partition coefficient (Wildman–Crippen LogP) is 4.52. The highest BCUT2D eigenvalue weighted by molar-refractivity contribution is 6.32. The number of hydrogen-bond acceptors (Lipinski definition) is 5. The number of nitrogens with one attached hydrogen (secondary N) is 1. The van der Waals surface area contributed by atoms with Crippen molar-refractivity contribution in [3.05, 3.63) is 81.9 Å². The molecular formula is C21H17ClN4O2. The summed E-state index contributed by atoms with van der Waals surface area (Å²) in [5.74, 6) is 1.75. The normalized spacial score (nSPS) is 13.8. The van der Waals surface area contributed by atoms with Gasteiger partial charge in [-0.05, 0) is 48.6 Å². The van der Waals surface area contributed by atoms with E-state index in [1.54, 1.807) is 16.8 Å². The van der Waals surface area contributed by atoms with Gasteiger partial charge in [0, 0.05) is 5.39 Å². The van der Waals surface area contributed by atoms with E-state index in [1.807, 2.05) is 24.3 Å². The average molecular weight is 393 g/mol. The van der Waals surface area contributed by atoms with Gasteiger partial charge in [-0.1, -0.05) is 29.8 Å². The molecule has 0 amide bonds. The summed E-state index contributed by atoms with van der Waals surface area (Å²) >= 11 is 6.39. The summed E-state index contributed by atoms with van der Waals surface area (Å²) in [5.41, 5.74) is 2.27. The molecule has 1 aliphatic rings. The summed E-state index contributed by atoms with van der Waals surface area (Å²) in [6, 6.07) is 13.5. The molecule has 0 atom stereocenters. The molecule has 7 heteroatoms. The SMILES string of the molecule is O=c1nc(NCc2cnco2)c2ccc(C3CC3)cc2n1-c1ccccc1Cl. The maximum atomic E-state index is 13.0. The third-order valence-corrected chi connectivity index (χ3v) is 5.29. The molecule has 0 spiro atoms. The average Bonchev–Trinajstić information content (AvgIpc) is 3.42. The molecule has 2 aromatic carbocycles. The number of nitrogens with zero attached hydrogens (tertiary/aromatic N) is 3. The van der Waals surface area contributed by atoms with E-state index in [1.165, 1.54) is 24.8 Å². The summed E-state index contributed by atoms with van der Waals surface area (Å²) in [6.45, 7) is 0.391. The van der Waals surface area contributed by atoms with Crippen LogP contribution < -0.4 is 11.0 Å². The van der Waals surface area contributed by atoms with E-state index in [4.69, 9.17) is 16.0 Å². The van der Waals surface area contributed by atoms with Crippen molar-refractivity contribution in [2.45, 2.75) is 25.3 Å². The van der Waals surface area contributed by atoms with Crippen molar-refractivity contribution in [1.29, 1.82) is 0 Å². The number of benzene rings is 2. The summed E-state index contributed by atoms with van der Waals surface area (Å²) in [5, 5.41) is 4.55. The molecule has 28 heavy (non-hydrogen) atoms. The zero-order valence-corrected chi connectivity index (χ0v) is 15.7. The Hall–Kier alpha value is -3.12. The van der Waals surface area contributed by atoms with Gasteiger partial charge in [0.25, 0.3) is 0 Å². The number of anilines is 1. The van der Waals surface area contributed by atoms with E-state index in [9.17, 15) is 4.79 Å². The Balaban J connectivity index is 1.69. The van der Waals surface area contributed by atoms with E-state index in [2.05, 4.69) is 27.4 Å². The molecular weight excluding hydrogens is 376 g/mol. The first-order valence-electron chi connectivity index (χ1n) is 9.13. The van der Waals surface area contributed by atoms with Gasteiger partial charge in [-0.15, -0.1) is 0 Å². The minimum Gasteiger partial charge on any atom is -0.447 e. The predicted molar refractivity (Wildman–Crippen MR) is 108 cm³/mol. The van der Waals surface area contributed by atoms with Crippen LogP contribution in [0.2, 0.25) is 5.02 Å². The van der Waals surface area contributed by atoms with Crippen LogP contribution in [-0.4, -0.2) is 14.5 Å². The highest BCUT2D eigenvalue weighted by atomic mass is 35.5. The van der Waals surface area contributed by atoms with E-state index < -0.39 is 0 Å². The standard InChI is InChI=1S/C21H17ClN4O2/c22-17-3-1-2-4-18(17)26-19-9-14(13-5-6-13)7-8-16(19)20(25-21(26)27)24-11-15-10-23-12-28-15/h1-4,7-10,12-13H,5-6,11H2,(H,24,25,27). The van der Waals surface area contributed by atoms with Crippen LogP contribution in [0, 0.1) is 0 Å². The maximum Gasteiger partial charge on any atom is 0.354 e. The van der Waals surface area contributed by atoms with Crippen LogP contribution in [0.3, 0.4) is 0 Å². The third kappa shape index (κ3) is 3.05. The van der Waals surface area contributed by atoms with Gasteiger partial charge in [0.05, 0.1) is 29.0 Å². The lowest BCUT2D eigenvalue weighted by molar-refractivity contribution is 0.511. The van der Waals surface area contributed by atoms with Crippen LogP contribution in [0.5, 0.6) is 0 Å². The fraction of sp³-hybridized carbons (Fsp3) is 0.190. The second-order valence-electron chi connectivity index (χ2n) is 6.90. The van der Waals surface area contributed by atoms with Crippen molar-refractivity contribution in [3.63, 3.8) is 0 Å². The molecule has 1 N–H and O–H groups in total. The second-order valence-corrected chi connectivity index (χ2v) is 7.31. The lowest BCUT2D eigenvalue weighted by Gasteiger charge is -2.15. The number of para-hydroxylation sites is 1. The van der Waals surface area contributed by atoms with Crippen LogP contribution in [0.25, 0.3) is 16.6 Å². The van der Waals surface area contributed by atoms with Gasteiger partial charge in [-0.2, -0.15) is 4.98 Å². The summed E-state index contributed by atoms with van der Waals surface area (Å²) in [6.07, 6.45) is 5.37. The van der Waals surface area contributed by atoms with E-state index in [-0.39, 0.29) is 5.69 Å². The Kier molecular flexibility index (Phi) is 4.13. The van der Waals surface area contributed by atoms with Crippen molar-refractivity contribution in [2.24, 2.45) is 0 Å². The molecule has 1 saturated carbocycles. The molecule has 2 heterocycles. The molecule has 140 valence electrons. The highest BCUT2D eigenvalue weighted by Crippen LogP contribution is 2.41. The molecule has 1 aliphatic carbocycles. The zero-order valence-electron chi connectivity index (χ0n) is 14.9. The smallest absolute Gasteiger partial charge is 0.354 e. The Labute approximate surface area is 165 Å². The summed E-state index contributed by atoms with van der Waals surface area (Å²) in [7, 11) is 0. The fourth-order valence-corrected chi connectivity index (χ4v) is 3.63. The first kappa shape index (κ1) is 17.0. The Morgan fingerprint density at radius 1 is 1.21 bits per heavy atom. The molecule has 4 aromatic rings. The van der Waals surface area contributed by atoms with Crippen LogP contribution >= 0.6 is 11.6 Å². The monoisotopic (exact) mass is 392 g/mol. The van der Waals surface area contributed by atoms with Crippen molar-refractivity contribution in [2.75, 3.05) is 5.32 Å². The molecule has 0 bridgehead atoms. The summed E-state index contributed by atoms with van der Waals surface area (Å²) < 4.78 is 6.85. The Morgan fingerprint density at radius 2 is 2.07 bits per heavy atom. The van der Waals surface area contributed by atoms with Gasteiger partial charge >= 0.3 is 5.69 Å². The lowest BCUT2D eigenvalue weighted by atomic mass is 10.1. The zero-order chi connectivity index (χ0) is 19.1. The van der Waals surface area contributed by atoms with Crippen molar-refractivity contribution in [3.8, 4) is 5.69 Å². The maximum absolute atomic E-state index is 13.0. The van der Waals surface area contributed by atoms with Gasteiger partial charge in [-0.25, -0.2) is 9.78 Å². The van der Waals surface area contributed by atoms with Gasteiger partial charge in [0.1, 0.15) is 11.6 Å². The highest BCUT2D eigenvalue weighted by Gasteiger charge is 2.25. The van der Waals surface area contributed by atoms with Crippen LogP contribution in [0.1, 0.15) is 30.1 Å². The molecule has 5 rings (SSSR count). The quantitative estimate of drug-likeness (QED) is 0.540. The van der Waals surface area contributed by atoms with Gasteiger partial charge in [0.2, 0.25) is 0 Å². The van der Waals surface area contributed by atoms with Gasteiger partial charge in [0.15, 0.2) is 6.39 Å². The number of fused-ring (bicyclic) bond motifs is 1. The summed E-state index contributed by atoms with van der Waals surface area (Å²) in [4.78, 5) is 21.2. The molecule has 0 unspecified atom stereocenters. The van der Waals surface area contributed by atoms with Crippen molar-refractivity contribution in [1.82, 2.24) is 14.5 Å². The molecule has 6 nitrogen and oxygen atoms in total. The Bertz CT molecular complexity index is 1210. The fourth-order valence-electron chi connectivity index (χ4n) is 3.41. The molecule has 1 fully saturated rings.